The molecule has 0 spiro atoms. The minimum atomic E-state index is -0.0664. The highest BCUT2D eigenvalue weighted by Crippen LogP contribution is 2.54. The second kappa shape index (κ2) is 19.9. The summed E-state index contributed by atoms with van der Waals surface area (Å²) >= 11 is 0. The van der Waals surface area contributed by atoms with E-state index in [0.717, 1.165) is 41.3 Å². The fraction of sp³-hybridized carbons (Fsp3) is 0.136. The Labute approximate surface area is 489 Å². The first kappa shape index (κ1) is 50.5. The zero-order valence-electron chi connectivity index (χ0n) is 47.9. The average Bonchev–Trinajstić information content (AvgIpc) is 2.57. The molecule has 0 fully saturated rings. The molecule has 15 rings (SSSR count). The smallest absolute Gasteiger partial charge is 0.0468 e. The number of allylic oxidation sites excluding steroid dienone is 7. The summed E-state index contributed by atoms with van der Waals surface area (Å²) in [5.74, 6) is 0.523. The maximum atomic E-state index is 2.53. The quantitative estimate of drug-likeness (QED) is 0.126. The molecule has 400 valence electrons. The normalized spacial score (nSPS) is 17.0. The van der Waals surface area contributed by atoms with Crippen molar-refractivity contribution in [1.82, 2.24) is 0 Å². The summed E-state index contributed by atoms with van der Waals surface area (Å²) in [6.07, 6.45) is 14.3. The number of nitrogens with zero attached hydrogens (tertiary/aromatic N) is 2. The largest absolute Gasteiger partial charge is 0.311 e. The lowest BCUT2D eigenvalue weighted by molar-refractivity contribution is 0.598. The van der Waals surface area contributed by atoms with Crippen molar-refractivity contribution in [1.29, 1.82) is 0 Å². The Morgan fingerprint density at radius 1 is 0.386 bits per heavy atom. The van der Waals surface area contributed by atoms with Crippen LogP contribution in [-0.2, 0) is 10.8 Å². The average molecular weight is 1070 g/mol. The molecular weight excluding hydrogens is 1000 g/mol. The molecule has 0 radical (unpaired) electrons. The Morgan fingerprint density at radius 2 is 0.904 bits per heavy atom. The van der Waals surface area contributed by atoms with Gasteiger partial charge in [-0.1, -0.05) is 240 Å². The zero-order valence-corrected chi connectivity index (χ0v) is 47.9. The molecule has 11 aromatic rings. The molecule has 4 aliphatic rings. The summed E-state index contributed by atoms with van der Waals surface area (Å²) in [5.41, 5.74) is 26.7. The van der Waals surface area contributed by atoms with Crippen LogP contribution in [0.2, 0.25) is 0 Å². The summed E-state index contributed by atoms with van der Waals surface area (Å²) in [5, 5.41) is 4.83. The van der Waals surface area contributed by atoms with Gasteiger partial charge in [0.15, 0.2) is 0 Å². The van der Waals surface area contributed by atoms with Crippen LogP contribution in [0.4, 0.5) is 28.4 Å². The summed E-state index contributed by atoms with van der Waals surface area (Å²) < 4.78 is 0. The van der Waals surface area contributed by atoms with Crippen molar-refractivity contribution in [2.75, 3.05) is 9.80 Å². The molecule has 0 saturated heterocycles. The Bertz CT molecular complexity index is 4480. The van der Waals surface area contributed by atoms with Gasteiger partial charge >= 0.3 is 0 Å². The number of fused-ring (bicyclic) bond motifs is 7. The first-order valence-electron chi connectivity index (χ1n) is 29.7. The molecule has 4 aliphatic carbocycles. The summed E-state index contributed by atoms with van der Waals surface area (Å²) in [4.78, 5) is 4.88. The fourth-order valence-corrected chi connectivity index (χ4v) is 14.7. The van der Waals surface area contributed by atoms with Gasteiger partial charge in [-0.15, -0.1) is 0 Å². The summed E-state index contributed by atoms with van der Waals surface area (Å²) in [7, 11) is 0. The van der Waals surface area contributed by atoms with Crippen molar-refractivity contribution in [2.45, 2.75) is 64.2 Å². The van der Waals surface area contributed by atoms with Gasteiger partial charge in [0.05, 0.1) is 0 Å². The van der Waals surface area contributed by atoms with E-state index in [2.05, 4.69) is 317 Å². The van der Waals surface area contributed by atoms with Crippen molar-refractivity contribution in [3.05, 3.63) is 312 Å². The lowest BCUT2D eigenvalue weighted by Crippen LogP contribution is -2.21. The monoisotopic (exact) mass is 1070 g/mol. The van der Waals surface area contributed by atoms with Crippen LogP contribution in [-0.4, -0.2) is 0 Å². The van der Waals surface area contributed by atoms with Gasteiger partial charge in [0, 0.05) is 50.9 Å². The van der Waals surface area contributed by atoms with Crippen LogP contribution in [0.1, 0.15) is 81.2 Å². The third kappa shape index (κ3) is 8.37. The Morgan fingerprint density at radius 3 is 1.54 bits per heavy atom. The molecule has 2 nitrogen and oxygen atoms in total. The van der Waals surface area contributed by atoms with E-state index in [1.54, 1.807) is 5.57 Å². The van der Waals surface area contributed by atoms with Gasteiger partial charge in [0.2, 0.25) is 0 Å². The maximum absolute atomic E-state index is 2.53. The number of hydrogen-bond acceptors (Lipinski definition) is 2. The molecular formula is C81H66N2. The van der Waals surface area contributed by atoms with Crippen LogP contribution in [0, 0.1) is 5.92 Å². The minimum absolute atomic E-state index is 0.0351. The fourth-order valence-electron chi connectivity index (χ4n) is 14.7. The van der Waals surface area contributed by atoms with Gasteiger partial charge in [-0.3, -0.25) is 0 Å². The molecule has 0 amide bonds. The number of rotatable bonds is 10. The van der Waals surface area contributed by atoms with E-state index >= 15 is 0 Å². The third-order valence-corrected chi connectivity index (χ3v) is 18.8. The topological polar surface area (TPSA) is 6.48 Å². The molecule has 11 aromatic carbocycles. The van der Waals surface area contributed by atoms with E-state index < -0.39 is 0 Å². The molecule has 0 saturated carbocycles. The highest BCUT2D eigenvalue weighted by atomic mass is 15.2. The molecule has 0 aromatic heterocycles. The molecule has 0 bridgehead atoms. The van der Waals surface area contributed by atoms with E-state index in [1.165, 1.54) is 105 Å². The molecule has 83 heavy (non-hydrogen) atoms. The van der Waals surface area contributed by atoms with E-state index in [4.69, 9.17) is 0 Å². The Hall–Kier alpha value is -9.50. The van der Waals surface area contributed by atoms with Gasteiger partial charge in [-0.05, 0) is 191 Å². The summed E-state index contributed by atoms with van der Waals surface area (Å²) in [6.45, 7) is 12.0. The van der Waals surface area contributed by atoms with Crippen LogP contribution >= 0.6 is 0 Å². The lowest BCUT2D eigenvalue weighted by Gasteiger charge is -2.32. The molecule has 0 heterocycles. The van der Waals surface area contributed by atoms with Crippen LogP contribution in [0.3, 0.4) is 0 Å². The van der Waals surface area contributed by atoms with Gasteiger partial charge in [0.1, 0.15) is 0 Å². The van der Waals surface area contributed by atoms with Gasteiger partial charge in [-0.25, -0.2) is 0 Å². The highest BCUT2D eigenvalue weighted by molar-refractivity contribution is 6.22. The van der Waals surface area contributed by atoms with E-state index in [0.29, 0.717) is 0 Å². The van der Waals surface area contributed by atoms with Gasteiger partial charge < -0.3 is 9.80 Å². The minimum Gasteiger partial charge on any atom is -0.311 e. The number of hydrogen-bond donors (Lipinski definition) is 0. The third-order valence-electron chi connectivity index (χ3n) is 18.8. The second-order valence-corrected chi connectivity index (χ2v) is 24.4. The van der Waals surface area contributed by atoms with Gasteiger partial charge in [-0.2, -0.15) is 0 Å². The predicted molar refractivity (Wildman–Crippen MR) is 352 cm³/mol. The highest BCUT2D eigenvalue weighted by Gasteiger charge is 2.39. The molecule has 2 heteroatoms. The summed E-state index contributed by atoms with van der Waals surface area (Å²) in [6, 6.07) is 90.6. The Kier molecular flexibility index (Phi) is 12.1. The van der Waals surface area contributed by atoms with Crippen molar-refractivity contribution in [3.8, 4) is 44.5 Å². The Balaban J connectivity index is 0.854. The number of para-hydroxylation sites is 2. The van der Waals surface area contributed by atoms with Gasteiger partial charge in [0.25, 0.3) is 0 Å². The molecule has 2 unspecified atom stereocenters. The second-order valence-electron chi connectivity index (χ2n) is 24.4. The van der Waals surface area contributed by atoms with Crippen molar-refractivity contribution >= 4 is 55.6 Å². The predicted octanol–water partition coefficient (Wildman–Crippen LogP) is 22.2. The zero-order chi connectivity index (χ0) is 56.0. The van der Waals surface area contributed by atoms with Crippen LogP contribution in [0.25, 0.3) is 71.6 Å². The first-order valence-corrected chi connectivity index (χ1v) is 29.7. The molecule has 0 aliphatic heterocycles. The molecule has 2 atom stereocenters. The molecule has 0 N–H and O–H groups in total. The van der Waals surface area contributed by atoms with E-state index in [-0.39, 0.29) is 22.7 Å². The van der Waals surface area contributed by atoms with Crippen LogP contribution in [0.5, 0.6) is 0 Å². The standard InChI is InChI=1S/C81H66N2/c1-53-48-62(40-45-65(53)58-37-44-69-67-31-19-21-33-75(67)81(4,5)77(69)50-58)83(60-28-16-9-17-29-60)64-42-47-71-73(52-64)79(56-24-12-7-13-25-56)70-46-41-63(51-72(70)78(71)55-22-10-6-11-23-55)82(59-26-14-8-15-27-59)61-38-34-54(35-39-61)57-36-43-68-66-30-18-20-32-74(66)80(2,3)76(68)49-57/h6-20,22-32,34-53,65H,21,33H2,1-5H3. The van der Waals surface area contributed by atoms with E-state index in [9.17, 15) is 0 Å². The van der Waals surface area contributed by atoms with Crippen molar-refractivity contribution in [3.63, 3.8) is 0 Å². The van der Waals surface area contributed by atoms with Crippen LogP contribution < -0.4 is 9.80 Å². The number of anilines is 5. The van der Waals surface area contributed by atoms with E-state index in [1.807, 2.05) is 0 Å². The maximum Gasteiger partial charge on any atom is 0.0468 e. The van der Waals surface area contributed by atoms with Crippen molar-refractivity contribution in [2.24, 2.45) is 5.92 Å². The lowest BCUT2D eigenvalue weighted by atomic mass is 9.76. The SMILES string of the molecule is CC1C=C(N(c2ccccc2)c2ccc3c(-c4ccccc4)c4cc(N(c5ccccc5)c5ccc(-c6ccc7c(c6)C(C)(C)c6ccccc6-7)cc5)ccc4c(-c4ccccc4)c3c2)C=CC1c1ccc2c(c1)C(C)(C)C1=C2C=CCC1. The van der Waals surface area contributed by atoms with Crippen LogP contribution in [0.15, 0.2) is 284 Å². The first-order chi connectivity index (χ1) is 40.6. The number of benzene rings is 11. The van der Waals surface area contributed by atoms with Crippen molar-refractivity contribution < 1.29 is 0 Å².